The summed E-state index contributed by atoms with van der Waals surface area (Å²) in [5.41, 5.74) is 0.440. The smallest absolute Gasteiger partial charge is 0.252 e. The highest BCUT2D eigenvalue weighted by molar-refractivity contribution is 7.80. The molecule has 0 saturated heterocycles. The Morgan fingerprint density at radius 3 is 3.06 bits per heavy atom. The topological polar surface area (TPSA) is 46.9 Å². The zero-order chi connectivity index (χ0) is 13.0. The van der Waals surface area contributed by atoms with Gasteiger partial charge in [0.15, 0.2) is 0 Å². The van der Waals surface area contributed by atoms with Crippen LogP contribution in [0.2, 0.25) is 5.02 Å². The van der Waals surface area contributed by atoms with Gasteiger partial charge in [-0.2, -0.15) is 0 Å². The summed E-state index contributed by atoms with van der Waals surface area (Å²) >= 11 is 10.1. The molecule has 0 spiro atoms. The number of hydrogen-bond acceptors (Lipinski definition) is 3. The molecule has 1 heterocycles. The van der Waals surface area contributed by atoms with Gasteiger partial charge in [-0.1, -0.05) is 11.6 Å². The Bertz CT molecular complexity index is 542. The van der Waals surface area contributed by atoms with Crippen LogP contribution in [0.3, 0.4) is 0 Å². The van der Waals surface area contributed by atoms with E-state index in [2.05, 4.69) is 22.9 Å². The number of imidazole rings is 1. The number of hydrogen-bond donors (Lipinski definition) is 2. The van der Waals surface area contributed by atoms with Crippen molar-refractivity contribution in [2.45, 2.75) is 11.4 Å². The van der Waals surface area contributed by atoms with Crippen LogP contribution in [0, 0.1) is 0 Å². The molecule has 0 aliphatic heterocycles. The summed E-state index contributed by atoms with van der Waals surface area (Å²) in [4.78, 5) is 16.5. The summed E-state index contributed by atoms with van der Waals surface area (Å²) in [6.07, 6.45) is 5.24. The highest BCUT2D eigenvalue weighted by Crippen LogP contribution is 2.19. The monoisotopic (exact) mass is 281 g/mol. The molecule has 18 heavy (non-hydrogen) atoms. The number of rotatable bonds is 4. The van der Waals surface area contributed by atoms with Crippen LogP contribution in [0.4, 0.5) is 0 Å². The van der Waals surface area contributed by atoms with E-state index in [0.29, 0.717) is 28.6 Å². The van der Waals surface area contributed by atoms with E-state index >= 15 is 0 Å². The fourth-order valence-electron chi connectivity index (χ4n) is 1.50. The lowest BCUT2D eigenvalue weighted by Gasteiger charge is -2.07. The second-order valence-electron chi connectivity index (χ2n) is 3.72. The lowest BCUT2D eigenvalue weighted by molar-refractivity contribution is 0.0952. The molecule has 4 nitrogen and oxygen atoms in total. The van der Waals surface area contributed by atoms with E-state index < -0.39 is 0 Å². The molecule has 2 aromatic rings. The van der Waals surface area contributed by atoms with Crippen molar-refractivity contribution in [2.24, 2.45) is 0 Å². The van der Waals surface area contributed by atoms with Crippen molar-refractivity contribution in [1.29, 1.82) is 0 Å². The number of carbonyl (C=O) groups is 1. The first-order valence-electron chi connectivity index (χ1n) is 5.39. The zero-order valence-electron chi connectivity index (χ0n) is 9.51. The maximum Gasteiger partial charge on any atom is 0.252 e. The number of carbonyl (C=O) groups excluding carboxylic acids is 1. The number of halogens is 1. The second kappa shape index (κ2) is 5.93. The SMILES string of the molecule is O=C(NCCn1ccnc1)c1cc(S)ccc1Cl. The first-order chi connectivity index (χ1) is 8.66. The molecule has 0 aliphatic carbocycles. The highest BCUT2D eigenvalue weighted by atomic mass is 35.5. The molecule has 0 unspecified atom stereocenters. The summed E-state index contributed by atoms with van der Waals surface area (Å²) in [5, 5.41) is 3.22. The lowest BCUT2D eigenvalue weighted by Crippen LogP contribution is -2.27. The van der Waals surface area contributed by atoms with Gasteiger partial charge in [0, 0.05) is 30.4 Å². The quantitative estimate of drug-likeness (QED) is 0.845. The van der Waals surface area contributed by atoms with Crippen molar-refractivity contribution >= 4 is 30.1 Å². The van der Waals surface area contributed by atoms with Crippen LogP contribution in [0.5, 0.6) is 0 Å². The molecule has 0 aliphatic rings. The predicted molar refractivity (Wildman–Crippen MR) is 73.3 cm³/mol. The Kier molecular flexibility index (Phi) is 4.28. The van der Waals surface area contributed by atoms with E-state index in [9.17, 15) is 4.79 Å². The molecule has 0 fully saturated rings. The Labute approximate surface area is 115 Å². The van der Waals surface area contributed by atoms with Crippen LogP contribution >= 0.6 is 24.2 Å². The molecule has 2 rings (SSSR count). The van der Waals surface area contributed by atoms with E-state index in [1.54, 1.807) is 30.7 Å². The summed E-state index contributed by atoms with van der Waals surface area (Å²) in [5.74, 6) is -0.198. The number of amides is 1. The fraction of sp³-hybridized carbons (Fsp3) is 0.167. The van der Waals surface area contributed by atoms with Crippen LogP contribution in [-0.4, -0.2) is 22.0 Å². The molecule has 0 saturated carbocycles. The van der Waals surface area contributed by atoms with Gasteiger partial charge in [-0.25, -0.2) is 4.98 Å². The van der Waals surface area contributed by atoms with E-state index in [1.807, 2.05) is 10.8 Å². The van der Waals surface area contributed by atoms with Gasteiger partial charge in [-0.15, -0.1) is 12.6 Å². The van der Waals surface area contributed by atoms with Crippen LogP contribution in [-0.2, 0) is 6.54 Å². The Balaban J connectivity index is 1.93. The number of thiol groups is 1. The van der Waals surface area contributed by atoms with Crippen molar-refractivity contribution < 1.29 is 4.79 Å². The van der Waals surface area contributed by atoms with E-state index in [0.717, 1.165) is 0 Å². The summed E-state index contributed by atoms with van der Waals surface area (Å²) in [7, 11) is 0. The Morgan fingerprint density at radius 1 is 1.50 bits per heavy atom. The van der Waals surface area contributed by atoms with E-state index in [4.69, 9.17) is 11.6 Å². The highest BCUT2D eigenvalue weighted by Gasteiger charge is 2.09. The van der Waals surface area contributed by atoms with Gasteiger partial charge in [-0.05, 0) is 18.2 Å². The first kappa shape index (κ1) is 13.0. The summed E-state index contributed by atoms with van der Waals surface area (Å²) < 4.78 is 1.89. The molecule has 6 heteroatoms. The third kappa shape index (κ3) is 3.27. The van der Waals surface area contributed by atoms with Gasteiger partial charge in [0.25, 0.3) is 5.91 Å². The Hall–Kier alpha value is -1.46. The standard InChI is InChI=1S/C12H12ClN3OS/c13-11-2-1-9(18)7-10(11)12(17)15-4-6-16-5-3-14-8-16/h1-3,5,7-8,18H,4,6H2,(H,15,17). The normalized spacial score (nSPS) is 10.3. The minimum Gasteiger partial charge on any atom is -0.350 e. The van der Waals surface area contributed by atoms with Crippen LogP contribution in [0.1, 0.15) is 10.4 Å². The maximum absolute atomic E-state index is 11.9. The van der Waals surface area contributed by atoms with Gasteiger partial charge < -0.3 is 9.88 Å². The molecular formula is C12H12ClN3OS. The molecule has 94 valence electrons. The molecule has 1 N–H and O–H groups in total. The van der Waals surface area contributed by atoms with Crippen molar-refractivity contribution in [2.75, 3.05) is 6.54 Å². The molecule has 1 amide bonds. The van der Waals surface area contributed by atoms with Crippen LogP contribution in [0.25, 0.3) is 0 Å². The van der Waals surface area contributed by atoms with Gasteiger partial charge in [0.1, 0.15) is 0 Å². The van der Waals surface area contributed by atoms with Gasteiger partial charge in [-0.3, -0.25) is 4.79 Å². The van der Waals surface area contributed by atoms with E-state index in [-0.39, 0.29) is 5.91 Å². The molecule has 1 aromatic heterocycles. The van der Waals surface area contributed by atoms with Crippen molar-refractivity contribution in [1.82, 2.24) is 14.9 Å². The van der Waals surface area contributed by atoms with Crippen molar-refractivity contribution in [3.05, 3.63) is 47.5 Å². The van der Waals surface area contributed by atoms with Gasteiger partial charge >= 0.3 is 0 Å². The molecule has 0 radical (unpaired) electrons. The average Bonchev–Trinajstić information content (AvgIpc) is 2.85. The largest absolute Gasteiger partial charge is 0.350 e. The zero-order valence-corrected chi connectivity index (χ0v) is 11.2. The molecule has 0 bridgehead atoms. The third-order valence-corrected chi connectivity index (χ3v) is 3.02. The molecule has 0 atom stereocenters. The maximum atomic E-state index is 11.9. The number of aromatic nitrogens is 2. The second-order valence-corrected chi connectivity index (χ2v) is 4.64. The third-order valence-electron chi connectivity index (χ3n) is 2.41. The van der Waals surface area contributed by atoms with Crippen LogP contribution in [0.15, 0.2) is 41.8 Å². The summed E-state index contributed by atoms with van der Waals surface area (Å²) in [6, 6.07) is 5.06. The summed E-state index contributed by atoms with van der Waals surface area (Å²) in [6.45, 7) is 1.19. The van der Waals surface area contributed by atoms with Gasteiger partial charge in [0.05, 0.1) is 16.9 Å². The van der Waals surface area contributed by atoms with Crippen molar-refractivity contribution in [3.63, 3.8) is 0 Å². The number of benzene rings is 1. The Morgan fingerprint density at radius 2 is 2.33 bits per heavy atom. The minimum atomic E-state index is -0.198. The van der Waals surface area contributed by atoms with E-state index in [1.165, 1.54) is 0 Å². The molecule has 1 aromatic carbocycles. The molecular weight excluding hydrogens is 270 g/mol. The lowest BCUT2D eigenvalue weighted by atomic mass is 10.2. The van der Waals surface area contributed by atoms with Crippen LogP contribution < -0.4 is 5.32 Å². The minimum absolute atomic E-state index is 0.198. The number of nitrogens with one attached hydrogen (secondary N) is 1. The first-order valence-corrected chi connectivity index (χ1v) is 6.22. The average molecular weight is 282 g/mol. The number of nitrogens with zero attached hydrogens (tertiary/aromatic N) is 2. The fourth-order valence-corrected chi connectivity index (χ4v) is 1.91. The predicted octanol–water partition coefficient (Wildman–Crippen LogP) is 2.26. The van der Waals surface area contributed by atoms with Gasteiger partial charge in [0.2, 0.25) is 0 Å². The van der Waals surface area contributed by atoms with Crippen molar-refractivity contribution in [3.8, 4) is 0 Å².